The minimum Gasteiger partial charge on any atom is -0.345 e. The number of amides is 1. The van der Waals surface area contributed by atoms with Crippen molar-refractivity contribution in [1.29, 1.82) is 0 Å². The fourth-order valence-electron chi connectivity index (χ4n) is 2.98. The van der Waals surface area contributed by atoms with Crippen LogP contribution in [0.2, 0.25) is 0 Å². The van der Waals surface area contributed by atoms with Crippen LogP contribution in [-0.2, 0) is 4.79 Å². The van der Waals surface area contributed by atoms with Crippen LogP contribution in [0.4, 0.5) is 0 Å². The van der Waals surface area contributed by atoms with Crippen LogP contribution >= 0.6 is 11.6 Å². The number of halogens is 1. The van der Waals surface area contributed by atoms with Gasteiger partial charge in [0.05, 0.1) is 0 Å². The molecule has 0 bridgehead atoms. The summed E-state index contributed by atoms with van der Waals surface area (Å²) < 4.78 is 0. The molecule has 0 aliphatic heterocycles. The van der Waals surface area contributed by atoms with Crippen LogP contribution in [0.5, 0.6) is 0 Å². The van der Waals surface area contributed by atoms with Crippen LogP contribution in [0.3, 0.4) is 0 Å². The first kappa shape index (κ1) is 16.8. The molecular weight excluding hydrogens is 258 g/mol. The van der Waals surface area contributed by atoms with Crippen molar-refractivity contribution >= 4 is 17.5 Å². The van der Waals surface area contributed by atoms with Crippen molar-refractivity contribution in [3.8, 4) is 0 Å². The smallest absolute Gasteiger partial charge is 0.225 e. The van der Waals surface area contributed by atoms with Crippen LogP contribution in [0.15, 0.2) is 0 Å². The predicted molar refractivity (Wildman–Crippen MR) is 82.5 cm³/mol. The third-order valence-corrected chi connectivity index (χ3v) is 4.62. The third kappa shape index (κ3) is 6.16. The fraction of sp³-hybridized carbons (Fsp3) is 0.938. The third-order valence-electron chi connectivity index (χ3n) is 4.40. The highest BCUT2D eigenvalue weighted by Gasteiger charge is 2.27. The molecule has 1 saturated carbocycles. The van der Waals surface area contributed by atoms with Crippen molar-refractivity contribution < 1.29 is 4.79 Å². The maximum atomic E-state index is 12.3. The highest BCUT2D eigenvalue weighted by atomic mass is 35.5. The second kappa shape index (κ2) is 8.84. The normalized spacial score (nSPS) is 25.1. The Morgan fingerprint density at radius 1 is 1.32 bits per heavy atom. The zero-order valence-corrected chi connectivity index (χ0v) is 13.6. The van der Waals surface area contributed by atoms with E-state index < -0.39 is 0 Å². The molecule has 2 nitrogen and oxygen atoms in total. The Labute approximate surface area is 123 Å². The molecule has 0 N–H and O–H groups in total. The Kier molecular flexibility index (Phi) is 7.82. The molecule has 0 aromatic rings. The van der Waals surface area contributed by atoms with Gasteiger partial charge in [-0.15, -0.1) is 11.6 Å². The summed E-state index contributed by atoms with van der Waals surface area (Å²) in [6.45, 7) is 5.03. The van der Waals surface area contributed by atoms with Gasteiger partial charge in [-0.1, -0.05) is 26.2 Å². The molecule has 1 aliphatic carbocycles. The first-order chi connectivity index (χ1) is 9.04. The summed E-state index contributed by atoms with van der Waals surface area (Å²) in [5.41, 5.74) is 0. The van der Waals surface area contributed by atoms with Gasteiger partial charge in [0.15, 0.2) is 0 Å². The molecule has 1 rings (SSSR count). The molecule has 19 heavy (non-hydrogen) atoms. The Balaban J connectivity index is 2.27. The number of alkyl halides is 1. The van der Waals surface area contributed by atoms with Crippen molar-refractivity contribution in [3.63, 3.8) is 0 Å². The standard InChI is InChI=1S/C16H30ClNO/c1-4-5-6-14-7-9-15(10-8-14)16(19)18(3)12-11-13(2)17/h13-15H,4-12H2,1-3H3. The number of carbonyl (C=O) groups is 1. The van der Waals surface area contributed by atoms with E-state index in [1.165, 1.54) is 32.1 Å². The number of unbranched alkanes of at least 4 members (excludes halogenated alkanes) is 1. The number of hydrogen-bond acceptors (Lipinski definition) is 1. The number of carbonyl (C=O) groups excluding carboxylic acids is 1. The first-order valence-electron chi connectivity index (χ1n) is 7.93. The van der Waals surface area contributed by atoms with Gasteiger partial charge in [-0.2, -0.15) is 0 Å². The fourth-order valence-corrected chi connectivity index (χ4v) is 3.08. The van der Waals surface area contributed by atoms with Crippen LogP contribution in [0.25, 0.3) is 0 Å². The van der Waals surface area contributed by atoms with E-state index >= 15 is 0 Å². The Morgan fingerprint density at radius 3 is 2.47 bits per heavy atom. The van der Waals surface area contributed by atoms with Crippen molar-refractivity contribution in [2.45, 2.75) is 70.6 Å². The van der Waals surface area contributed by atoms with Crippen molar-refractivity contribution in [2.75, 3.05) is 13.6 Å². The average molecular weight is 288 g/mol. The molecular formula is C16H30ClNO. The molecule has 0 aromatic carbocycles. The number of nitrogens with zero attached hydrogens (tertiary/aromatic N) is 1. The zero-order chi connectivity index (χ0) is 14.3. The lowest BCUT2D eigenvalue weighted by Crippen LogP contribution is -2.36. The van der Waals surface area contributed by atoms with Crippen LogP contribution in [0, 0.1) is 11.8 Å². The second-order valence-electron chi connectivity index (χ2n) is 6.19. The van der Waals surface area contributed by atoms with E-state index in [0.717, 1.165) is 31.7 Å². The van der Waals surface area contributed by atoms with Gasteiger partial charge in [0.25, 0.3) is 0 Å². The lowest BCUT2D eigenvalue weighted by molar-refractivity contribution is -0.135. The minimum absolute atomic E-state index is 0.153. The van der Waals surface area contributed by atoms with Crippen LogP contribution in [0.1, 0.15) is 65.2 Å². The van der Waals surface area contributed by atoms with Gasteiger partial charge in [0.1, 0.15) is 0 Å². The van der Waals surface area contributed by atoms with Crippen molar-refractivity contribution in [2.24, 2.45) is 11.8 Å². The lowest BCUT2D eigenvalue weighted by atomic mass is 9.79. The largest absolute Gasteiger partial charge is 0.345 e. The maximum absolute atomic E-state index is 12.3. The van der Waals surface area contributed by atoms with E-state index in [9.17, 15) is 4.79 Å². The number of rotatable bonds is 7. The van der Waals surface area contributed by atoms with Gasteiger partial charge in [0.2, 0.25) is 5.91 Å². The van der Waals surface area contributed by atoms with E-state index in [2.05, 4.69) is 6.92 Å². The molecule has 3 heteroatoms. The monoisotopic (exact) mass is 287 g/mol. The Hall–Kier alpha value is -0.240. The lowest BCUT2D eigenvalue weighted by Gasteiger charge is -2.30. The van der Waals surface area contributed by atoms with Gasteiger partial charge in [-0.3, -0.25) is 4.79 Å². The first-order valence-corrected chi connectivity index (χ1v) is 8.37. The Morgan fingerprint density at radius 2 is 1.95 bits per heavy atom. The minimum atomic E-state index is 0.153. The summed E-state index contributed by atoms with van der Waals surface area (Å²) in [5, 5.41) is 0.153. The van der Waals surface area contributed by atoms with Gasteiger partial charge in [-0.05, 0) is 44.9 Å². The van der Waals surface area contributed by atoms with E-state index in [0.29, 0.717) is 5.91 Å². The molecule has 1 aliphatic rings. The summed E-state index contributed by atoms with van der Waals surface area (Å²) >= 11 is 5.94. The van der Waals surface area contributed by atoms with E-state index in [1.54, 1.807) is 0 Å². The summed E-state index contributed by atoms with van der Waals surface area (Å²) in [6, 6.07) is 0. The van der Waals surface area contributed by atoms with Gasteiger partial charge >= 0.3 is 0 Å². The summed E-state index contributed by atoms with van der Waals surface area (Å²) in [5.74, 6) is 1.48. The highest BCUT2D eigenvalue weighted by molar-refractivity contribution is 6.20. The predicted octanol–water partition coefficient (Wildman–Crippen LogP) is 4.46. The van der Waals surface area contributed by atoms with E-state index in [-0.39, 0.29) is 11.3 Å². The second-order valence-corrected chi connectivity index (χ2v) is 6.93. The van der Waals surface area contributed by atoms with Crippen LogP contribution < -0.4 is 0 Å². The summed E-state index contributed by atoms with van der Waals surface area (Å²) in [4.78, 5) is 14.2. The molecule has 0 heterocycles. The van der Waals surface area contributed by atoms with Crippen molar-refractivity contribution in [3.05, 3.63) is 0 Å². The van der Waals surface area contributed by atoms with Crippen molar-refractivity contribution in [1.82, 2.24) is 4.90 Å². The van der Waals surface area contributed by atoms with Gasteiger partial charge in [0, 0.05) is 24.9 Å². The molecule has 0 saturated heterocycles. The molecule has 0 radical (unpaired) electrons. The quantitative estimate of drug-likeness (QED) is 0.633. The van der Waals surface area contributed by atoms with Gasteiger partial charge < -0.3 is 4.90 Å². The molecule has 0 aromatic heterocycles. The van der Waals surface area contributed by atoms with E-state index in [4.69, 9.17) is 11.6 Å². The van der Waals surface area contributed by atoms with E-state index in [1.807, 2.05) is 18.9 Å². The SMILES string of the molecule is CCCCC1CCC(C(=O)N(C)CCC(C)Cl)CC1. The molecule has 1 unspecified atom stereocenters. The summed E-state index contributed by atoms with van der Waals surface area (Å²) in [7, 11) is 1.92. The van der Waals surface area contributed by atoms with Crippen LogP contribution in [-0.4, -0.2) is 29.8 Å². The molecule has 1 amide bonds. The maximum Gasteiger partial charge on any atom is 0.225 e. The number of hydrogen-bond donors (Lipinski definition) is 0. The molecule has 1 atom stereocenters. The highest BCUT2D eigenvalue weighted by Crippen LogP contribution is 2.32. The average Bonchev–Trinajstić information content (AvgIpc) is 2.42. The summed E-state index contributed by atoms with van der Waals surface area (Å²) in [6.07, 6.45) is 9.55. The van der Waals surface area contributed by atoms with Gasteiger partial charge in [-0.25, -0.2) is 0 Å². The Bertz CT molecular complexity index is 259. The molecule has 1 fully saturated rings. The molecule has 112 valence electrons. The zero-order valence-electron chi connectivity index (χ0n) is 12.8. The topological polar surface area (TPSA) is 20.3 Å². The molecule has 0 spiro atoms.